The minimum Gasteiger partial charge on any atom is -0.497 e. The third-order valence-electron chi connectivity index (χ3n) is 2.83. The number of nitrogens with one attached hydrogen (secondary N) is 1. The van der Waals surface area contributed by atoms with Gasteiger partial charge >= 0.3 is 0 Å². The Bertz CT molecular complexity index is 495. The molecule has 2 nitrogen and oxygen atoms in total. The van der Waals surface area contributed by atoms with E-state index in [9.17, 15) is 0 Å². The second-order valence-corrected chi connectivity index (χ2v) is 6.63. The van der Waals surface area contributed by atoms with Gasteiger partial charge in [-0.2, -0.15) is 0 Å². The first kappa shape index (κ1) is 13.6. The third-order valence-corrected chi connectivity index (χ3v) is 4.45. The van der Waals surface area contributed by atoms with Crippen LogP contribution in [0.25, 0.3) is 0 Å². The maximum absolute atomic E-state index is 5.16. The molecule has 0 fully saturated rings. The van der Waals surface area contributed by atoms with Gasteiger partial charge < -0.3 is 10.1 Å². The van der Waals surface area contributed by atoms with Crippen molar-refractivity contribution in [2.45, 2.75) is 19.5 Å². The van der Waals surface area contributed by atoms with E-state index in [-0.39, 0.29) is 0 Å². The van der Waals surface area contributed by atoms with Crippen molar-refractivity contribution in [3.05, 3.63) is 50.6 Å². The Morgan fingerprint density at radius 3 is 2.50 bits per heavy atom. The fourth-order valence-electron chi connectivity index (χ4n) is 1.71. The topological polar surface area (TPSA) is 21.3 Å². The van der Waals surface area contributed by atoms with Crippen LogP contribution in [0, 0.1) is 0 Å². The van der Waals surface area contributed by atoms with E-state index in [2.05, 4.69) is 52.4 Å². The van der Waals surface area contributed by atoms with E-state index in [0.29, 0.717) is 6.04 Å². The monoisotopic (exact) mass is 325 g/mol. The van der Waals surface area contributed by atoms with Crippen LogP contribution in [-0.2, 0) is 6.54 Å². The number of benzene rings is 1. The van der Waals surface area contributed by atoms with Gasteiger partial charge in [0.25, 0.3) is 0 Å². The van der Waals surface area contributed by atoms with Crippen molar-refractivity contribution in [3.63, 3.8) is 0 Å². The Morgan fingerprint density at radius 2 is 1.94 bits per heavy atom. The molecule has 0 spiro atoms. The van der Waals surface area contributed by atoms with Crippen molar-refractivity contribution >= 4 is 27.3 Å². The van der Waals surface area contributed by atoms with Gasteiger partial charge in [0.15, 0.2) is 0 Å². The summed E-state index contributed by atoms with van der Waals surface area (Å²) in [7, 11) is 1.69. The molecular formula is C14H16BrNOS. The fraction of sp³-hybridized carbons (Fsp3) is 0.286. The summed E-state index contributed by atoms with van der Waals surface area (Å²) in [4.78, 5) is 1.34. The van der Waals surface area contributed by atoms with Crippen LogP contribution in [0.3, 0.4) is 0 Å². The molecule has 1 atom stereocenters. The summed E-state index contributed by atoms with van der Waals surface area (Å²) in [5, 5.41) is 3.51. The maximum Gasteiger partial charge on any atom is 0.118 e. The van der Waals surface area contributed by atoms with Gasteiger partial charge in [0.1, 0.15) is 5.75 Å². The fourth-order valence-corrected chi connectivity index (χ4v) is 3.14. The number of hydrogen-bond acceptors (Lipinski definition) is 3. The van der Waals surface area contributed by atoms with E-state index >= 15 is 0 Å². The Kier molecular flexibility index (Phi) is 4.80. The van der Waals surface area contributed by atoms with E-state index in [0.717, 1.165) is 12.3 Å². The average molecular weight is 326 g/mol. The molecule has 0 saturated carbocycles. The largest absolute Gasteiger partial charge is 0.497 e. The predicted molar refractivity (Wildman–Crippen MR) is 80.3 cm³/mol. The van der Waals surface area contributed by atoms with Crippen molar-refractivity contribution in [1.82, 2.24) is 5.32 Å². The Morgan fingerprint density at radius 1 is 1.22 bits per heavy atom. The zero-order valence-electron chi connectivity index (χ0n) is 10.4. The number of halogens is 1. The summed E-state index contributed by atoms with van der Waals surface area (Å²) < 4.78 is 6.33. The molecule has 1 aromatic carbocycles. The molecule has 1 heterocycles. The summed E-state index contributed by atoms with van der Waals surface area (Å²) in [5.74, 6) is 0.896. The summed E-state index contributed by atoms with van der Waals surface area (Å²) >= 11 is 5.24. The summed E-state index contributed by atoms with van der Waals surface area (Å²) in [6.45, 7) is 3.06. The van der Waals surface area contributed by atoms with Crippen molar-refractivity contribution in [1.29, 1.82) is 0 Å². The quantitative estimate of drug-likeness (QED) is 0.881. The Labute approximate surface area is 120 Å². The van der Waals surface area contributed by atoms with Gasteiger partial charge in [0.2, 0.25) is 0 Å². The maximum atomic E-state index is 5.16. The molecule has 2 aromatic rings. The number of methoxy groups -OCH3 is 1. The molecule has 1 N–H and O–H groups in total. The number of rotatable bonds is 5. The smallest absolute Gasteiger partial charge is 0.118 e. The molecule has 0 aliphatic carbocycles. The van der Waals surface area contributed by atoms with Gasteiger partial charge in [-0.1, -0.05) is 12.1 Å². The van der Waals surface area contributed by atoms with Crippen LogP contribution < -0.4 is 10.1 Å². The van der Waals surface area contributed by atoms with Crippen molar-refractivity contribution < 1.29 is 4.74 Å². The first-order valence-corrected chi connectivity index (χ1v) is 7.41. The highest BCUT2D eigenvalue weighted by atomic mass is 79.9. The highest BCUT2D eigenvalue weighted by molar-refractivity contribution is 9.11. The lowest BCUT2D eigenvalue weighted by Crippen LogP contribution is -2.17. The molecule has 1 aromatic heterocycles. The van der Waals surface area contributed by atoms with Gasteiger partial charge in [-0.05, 0) is 52.7 Å². The SMILES string of the molecule is COc1ccc([C@@H](C)NCc2ccc(Br)s2)cc1. The van der Waals surface area contributed by atoms with Gasteiger partial charge in [-0.25, -0.2) is 0 Å². The van der Waals surface area contributed by atoms with Crippen LogP contribution in [0.4, 0.5) is 0 Å². The van der Waals surface area contributed by atoms with Crippen LogP contribution in [-0.4, -0.2) is 7.11 Å². The van der Waals surface area contributed by atoms with Crippen LogP contribution in [0.15, 0.2) is 40.2 Å². The highest BCUT2D eigenvalue weighted by Crippen LogP contribution is 2.23. The minimum absolute atomic E-state index is 0.330. The van der Waals surface area contributed by atoms with E-state index in [1.807, 2.05) is 12.1 Å². The Balaban J connectivity index is 1.92. The van der Waals surface area contributed by atoms with Crippen LogP contribution in [0.1, 0.15) is 23.4 Å². The lowest BCUT2D eigenvalue weighted by Gasteiger charge is -2.14. The van der Waals surface area contributed by atoms with Crippen molar-refractivity contribution in [2.24, 2.45) is 0 Å². The molecule has 0 aliphatic rings. The normalized spacial score (nSPS) is 12.4. The molecule has 0 amide bonds. The third kappa shape index (κ3) is 3.57. The molecule has 0 bridgehead atoms. The zero-order valence-corrected chi connectivity index (χ0v) is 12.8. The van der Waals surface area contributed by atoms with Crippen LogP contribution >= 0.6 is 27.3 Å². The second-order valence-electron chi connectivity index (χ2n) is 4.08. The predicted octanol–water partition coefficient (Wildman–Crippen LogP) is 4.37. The summed E-state index contributed by atoms with van der Waals surface area (Å²) in [5.41, 5.74) is 1.27. The van der Waals surface area contributed by atoms with E-state index in [1.165, 1.54) is 14.2 Å². The van der Waals surface area contributed by atoms with Crippen molar-refractivity contribution in [2.75, 3.05) is 7.11 Å². The summed E-state index contributed by atoms with van der Waals surface area (Å²) in [6, 6.07) is 12.7. The van der Waals surface area contributed by atoms with Gasteiger partial charge in [0.05, 0.1) is 10.9 Å². The van der Waals surface area contributed by atoms with Gasteiger partial charge in [-0.15, -0.1) is 11.3 Å². The molecule has 0 radical (unpaired) electrons. The van der Waals surface area contributed by atoms with E-state index < -0.39 is 0 Å². The first-order chi connectivity index (χ1) is 8.69. The molecule has 18 heavy (non-hydrogen) atoms. The highest BCUT2D eigenvalue weighted by Gasteiger charge is 2.05. The molecule has 0 saturated heterocycles. The minimum atomic E-state index is 0.330. The van der Waals surface area contributed by atoms with Crippen molar-refractivity contribution in [3.8, 4) is 5.75 Å². The van der Waals surface area contributed by atoms with Gasteiger partial charge in [0, 0.05) is 17.5 Å². The molecule has 4 heteroatoms. The standard InChI is InChI=1S/C14H16BrNOS/c1-10(11-3-5-12(17-2)6-4-11)16-9-13-7-8-14(15)18-13/h3-8,10,16H,9H2,1-2H3/t10-/m1/s1. The first-order valence-electron chi connectivity index (χ1n) is 5.80. The number of hydrogen-bond donors (Lipinski definition) is 1. The Hall–Kier alpha value is -0.840. The van der Waals surface area contributed by atoms with E-state index in [4.69, 9.17) is 4.74 Å². The van der Waals surface area contributed by atoms with Gasteiger partial charge in [-0.3, -0.25) is 0 Å². The molecular weight excluding hydrogens is 310 g/mol. The molecule has 0 unspecified atom stereocenters. The number of ether oxygens (including phenoxy) is 1. The molecule has 0 aliphatic heterocycles. The summed E-state index contributed by atoms with van der Waals surface area (Å²) in [6.07, 6.45) is 0. The molecule has 96 valence electrons. The molecule has 2 rings (SSSR count). The number of thiophene rings is 1. The van der Waals surface area contributed by atoms with Crippen LogP contribution in [0.2, 0.25) is 0 Å². The van der Waals surface area contributed by atoms with E-state index in [1.54, 1.807) is 18.4 Å². The van der Waals surface area contributed by atoms with Crippen LogP contribution in [0.5, 0.6) is 5.75 Å². The lowest BCUT2D eigenvalue weighted by molar-refractivity contribution is 0.414. The zero-order chi connectivity index (χ0) is 13.0. The second kappa shape index (κ2) is 6.36. The average Bonchev–Trinajstić information content (AvgIpc) is 2.82. The lowest BCUT2D eigenvalue weighted by atomic mass is 10.1.